The molecular formula is C16H23N3O. The first-order chi connectivity index (χ1) is 9.66. The van der Waals surface area contributed by atoms with Gasteiger partial charge < -0.3 is 15.6 Å². The maximum absolute atomic E-state index is 11.5. The third-order valence-corrected chi connectivity index (χ3v) is 3.24. The van der Waals surface area contributed by atoms with E-state index in [2.05, 4.69) is 41.6 Å². The summed E-state index contributed by atoms with van der Waals surface area (Å²) in [5, 5.41) is 7.35. The average Bonchev–Trinajstić information content (AvgIpc) is 2.85. The van der Waals surface area contributed by atoms with E-state index in [4.69, 9.17) is 0 Å². The lowest BCUT2D eigenvalue weighted by Gasteiger charge is -2.08. The van der Waals surface area contributed by atoms with Gasteiger partial charge in [0.1, 0.15) is 0 Å². The van der Waals surface area contributed by atoms with Gasteiger partial charge in [-0.25, -0.2) is 0 Å². The monoisotopic (exact) mass is 273 g/mol. The molecule has 108 valence electrons. The number of hydrogen-bond acceptors (Lipinski definition) is 2. The summed E-state index contributed by atoms with van der Waals surface area (Å²) in [4.78, 5) is 14.8. The standard InChI is InChI=1S/C16H23N3O/c1-12(2)9-19-16(20)11-17-8-7-13-10-18-15-6-4-3-5-14(13)15/h3-6,10,12,17-18H,7-9,11H2,1-2H3,(H,19,20). The third kappa shape index (κ3) is 4.10. The zero-order valence-electron chi connectivity index (χ0n) is 12.2. The van der Waals surface area contributed by atoms with Crippen LogP contribution in [0.2, 0.25) is 0 Å². The molecule has 1 aromatic heterocycles. The number of rotatable bonds is 7. The predicted octanol–water partition coefficient (Wildman–Crippen LogP) is 2.07. The van der Waals surface area contributed by atoms with Crippen LogP contribution in [0, 0.1) is 5.92 Å². The first kappa shape index (κ1) is 14.6. The second-order valence-corrected chi connectivity index (χ2v) is 5.48. The first-order valence-electron chi connectivity index (χ1n) is 7.19. The van der Waals surface area contributed by atoms with Crippen molar-refractivity contribution in [1.82, 2.24) is 15.6 Å². The largest absolute Gasteiger partial charge is 0.361 e. The molecule has 0 aliphatic carbocycles. The Balaban J connectivity index is 1.72. The molecule has 0 unspecified atom stereocenters. The summed E-state index contributed by atoms with van der Waals surface area (Å²) in [5.74, 6) is 0.558. The van der Waals surface area contributed by atoms with Crippen LogP contribution in [0.4, 0.5) is 0 Å². The maximum Gasteiger partial charge on any atom is 0.233 e. The van der Waals surface area contributed by atoms with E-state index < -0.39 is 0 Å². The van der Waals surface area contributed by atoms with Gasteiger partial charge in [0.05, 0.1) is 6.54 Å². The minimum atomic E-state index is 0.0672. The number of nitrogens with one attached hydrogen (secondary N) is 3. The summed E-state index contributed by atoms with van der Waals surface area (Å²) in [5.41, 5.74) is 2.45. The van der Waals surface area contributed by atoms with E-state index in [1.165, 1.54) is 10.9 Å². The smallest absolute Gasteiger partial charge is 0.233 e. The van der Waals surface area contributed by atoms with Crippen molar-refractivity contribution in [2.45, 2.75) is 20.3 Å². The number of carbonyl (C=O) groups excluding carboxylic acids is 1. The number of hydrogen-bond donors (Lipinski definition) is 3. The van der Waals surface area contributed by atoms with E-state index in [0.717, 1.165) is 25.0 Å². The lowest BCUT2D eigenvalue weighted by atomic mass is 10.1. The molecule has 2 aromatic rings. The van der Waals surface area contributed by atoms with E-state index >= 15 is 0 Å². The third-order valence-electron chi connectivity index (χ3n) is 3.24. The summed E-state index contributed by atoms with van der Waals surface area (Å²) in [6.07, 6.45) is 2.96. The second kappa shape index (κ2) is 7.10. The molecule has 1 heterocycles. The Morgan fingerprint density at radius 1 is 1.30 bits per heavy atom. The van der Waals surface area contributed by atoms with E-state index in [1.807, 2.05) is 18.3 Å². The molecule has 0 bridgehead atoms. The van der Waals surface area contributed by atoms with Crippen LogP contribution in [0.5, 0.6) is 0 Å². The molecule has 0 aliphatic heterocycles. The van der Waals surface area contributed by atoms with Gasteiger partial charge in [0, 0.05) is 23.6 Å². The Bertz CT molecular complexity index is 560. The zero-order chi connectivity index (χ0) is 14.4. The average molecular weight is 273 g/mol. The van der Waals surface area contributed by atoms with Gasteiger partial charge in [0.2, 0.25) is 5.91 Å². The van der Waals surface area contributed by atoms with Crippen molar-refractivity contribution in [1.29, 1.82) is 0 Å². The zero-order valence-corrected chi connectivity index (χ0v) is 12.2. The summed E-state index contributed by atoms with van der Waals surface area (Å²) < 4.78 is 0. The highest BCUT2D eigenvalue weighted by Gasteiger charge is 2.04. The molecule has 4 nitrogen and oxygen atoms in total. The molecule has 0 saturated heterocycles. The van der Waals surface area contributed by atoms with Crippen LogP contribution in [0.3, 0.4) is 0 Å². The number of amides is 1. The van der Waals surface area contributed by atoms with Gasteiger partial charge in [-0.1, -0.05) is 32.0 Å². The van der Waals surface area contributed by atoms with Crippen molar-refractivity contribution in [3.05, 3.63) is 36.0 Å². The number of aromatic amines is 1. The van der Waals surface area contributed by atoms with Crippen molar-refractivity contribution in [2.24, 2.45) is 5.92 Å². The number of benzene rings is 1. The number of aromatic nitrogens is 1. The quantitative estimate of drug-likeness (QED) is 0.676. The Labute approximate surface area is 120 Å². The van der Waals surface area contributed by atoms with Gasteiger partial charge in [0.25, 0.3) is 0 Å². The van der Waals surface area contributed by atoms with E-state index in [0.29, 0.717) is 12.5 Å². The van der Waals surface area contributed by atoms with Crippen LogP contribution >= 0.6 is 0 Å². The molecular weight excluding hydrogens is 250 g/mol. The normalized spacial score (nSPS) is 11.2. The molecule has 20 heavy (non-hydrogen) atoms. The van der Waals surface area contributed by atoms with E-state index in [9.17, 15) is 4.79 Å². The fourth-order valence-corrected chi connectivity index (χ4v) is 2.14. The van der Waals surface area contributed by atoms with Crippen LogP contribution in [0.15, 0.2) is 30.5 Å². The molecule has 0 aliphatic rings. The van der Waals surface area contributed by atoms with Crippen LogP contribution in [-0.2, 0) is 11.2 Å². The van der Waals surface area contributed by atoms with Crippen molar-refractivity contribution < 1.29 is 4.79 Å². The van der Waals surface area contributed by atoms with Gasteiger partial charge in [-0.05, 0) is 30.5 Å². The number of fused-ring (bicyclic) bond motifs is 1. The number of H-pyrrole nitrogens is 1. The van der Waals surface area contributed by atoms with Crippen molar-refractivity contribution in [3.63, 3.8) is 0 Å². The van der Waals surface area contributed by atoms with Gasteiger partial charge in [0.15, 0.2) is 0 Å². The Kier molecular flexibility index (Phi) is 5.18. The van der Waals surface area contributed by atoms with Crippen LogP contribution in [0.25, 0.3) is 10.9 Å². The molecule has 0 atom stereocenters. The molecule has 0 saturated carbocycles. The van der Waals surface area contributed by atoms with Gasteiger partial charge in [-0.3, -0.25) is 4.79 Å². The van der Waals surface area contributed by atoms with Crippen LogP contribution in [0.1, 0.15) is 19.4 Å². The summed E-state index contributed by atoms with van der Waals surface area (Å²) in [7, 11) is 0. The molecule has 0 spiro atoms. The van der Waals surface area contributed by atoms with Crippen molar-refractivity contribution in [2.75, 3.05) is 19.6 Å². The first-order valence-corrected chi connectivity index (χ1v) is 7.19. The topological polar surface area (TPSA) is 56.9 Å². The molecule has 1 amide bonds. The molecule has 2 rings (SSSR count). The minimum absolute atomic E-state index is 0.0672. The molecule has 0 radical (unpaired) electrons. The highest BCUT2D eigenvalue weighted by molar-refractivity contribution is 5.83. The van der Waals surface area contributed by atoms with Gasteiger partial charge >= 0.3 is 0 Å². The number of para-hydroxylation sites is 1. The highest BCUT2D eigenvalue weighted by Crippen LogP contribution is 2.17. The van der Waals surface area contributed by atoms with E-state index in [1.54, 1.807) is 0 Å². The highest BCUT2D eigenvalue weighted by atomic mass is 16.1. The van der Waals surface area contributed by atoms with Crippen LogP contribution in [-0.4, -0.2) is 30.5 Å². The summed E-state index contributed by atoms with van der Waals surface area (Å²) >= 11 is 0. The molecule has 3 N–H and O–H groups in total. The lowest BCUT2D eigenvalue weighted by molar-refractivity contribution is -0.120. The molecule has 0 fully saturated rings. The fourth-order valence-electron chi connectivity index (χ4n) is 2.14. The van der Waals surface area contributed by atoms with Crippen molar-refractivity contribution in [3.8, 4) is 0 Å². The fraction of sp³-hybridized carbons (Fsp3) is 0.438. The van der Waals surface area contributed by atoms with Crippen molar-refractivity contribution >= 4 is 16.8 Å². The maximum atomic E-state index is 11.5. The molecule has 1 aromatic carbocycles. The number of carbonyl (C=O) groups is 1. The minimum Gasteiger partial charge on any atom is -0.361 e. The summed E-state index contributed by atoms with van der Waals surface area (Å²) in [6.45, 7) is 6.10. The SMILES string of the molecule is CC(C)CNC(=O)CNCCc1c[nH]c2ccccc12. The Hall–Kier alpha value is -1.81. The van der Waals surface area contributed by atoms with Gasteiger partial charge in [-0.15, -0.1) is 0 Å². The predicted molar refractivity (Wildman–Crippen MR) is 82.7 cm³/mol. The Morgan fingerprint density at radius 2 is 2.10 bits per heavy atom. The van der Waals surface area contributed by atoms with Crippen LogP contribution < -0.4 is 10.6 Å². The molecule has 4 heteroatoms. The van der Waals surface area contributed by atoms with E-state index in [-0.39, 0.29) is 5.91 Å². The summed E-state index contributed by atoms with van der Waals surface area (Å²) in [6, 6.07) is 8.27. The Morgan fingerprint density at radius 3 is 2.90 bits per heavy atom. The lowest BCUT2D eigenvalue weighted by Crippen LogP contribution is -2.36. The second-order valence-electron chi connectivity index (χ2n) is 5.48. The van der Waals surface area contributed by atoms with Gasteiger partial charge in [-0.2, -0.15) is 0 Å².